The monoisotopic (exact) mass is 455 g/mol. The molecule has 154 valence electrons. The highest BCUT2D eigenvalue weighted by atomic mass is 35.5. The van der Waals surface area contributed by atoms with Crippen LogP contribution in [0.3, 0.4) is 0 Å². The summed E-state index contributed by atoms with van der Waals surface area (Å²) in [5.41, 5.74) is 0.418. The summed E-state index contributed by atoms with van der Waals surface area (Å²) in [4.78, 5) is 43.2. The molecule has 2 heterocycles. The lowest BCUT2D eigenvalue weighted by atomic mass is 10.0. The minimum absolute atomic E-state index is 0.170. The van der Waals surface area contributed by atoms with E-state index in [-0.39, 0.29) is 33.9 Å². The maximum absolute atomic E-state index is 12.9. The van der Waals surface area contributed by atoms with Crippen LogP contribution in [0.5, 0.6) is 0 Å². The Hall–Kier alpha value is -2.16. The molecule has 1 aromatic carbocycles. The van der Waals surface area contributed by atoms with Gasteiger partial charge in [-0.3, -0.25) is 14.9 Å². The number of carbonyl (C=O) groups is 3. The molecular weight excluding hydrogens is 437 g/mol. The predicted molar refractivity (Wildman–Crippen MR) is 112 cm³/mol. The van der Waals surface area contributed by atoms with E-state index in [1.54, 1.807) is 18.4 Å². The van der Waals surface area contributed by atoms with Crippen molar-refractivity contribution in [3.8, 4) is 0 Å². The number of likely N-dealkylation sites (tertiary alicyclic amines) is 1. The summed E-state index contributed by atoms with van der Waals surface area (Å²) >= 11 is 13.0. The van der Waals surface area contributed by atoms with Gasteiger partial charge in [0.2, 0.25) is 0 Å². The van der Waals surface area contributed by atoms with Crippen LogP contribution in [-0.2, 0) is 9.53 Å². The molecule has 1 aromatic heterocycles. The Morgan fingerprint density at radius 3 is 2.83 bits per heavy atom. The van der Waals surface area contributed by atoms with Gasteiger partial charge in [0.1, 0.15) is 11.7 Å². The second kappa shape index (κ2) is 9.56. The van der Waals surface area contributed by atoms with Crippen LogP contribution in [0.2, 0.25) is 10.0 Å². The fourth-order valence-electron chi connectivity index (χ4n) is 3.07. The SMILES string of the molecule is CCOC(=O)[C@@H]1CCCCN1C(=O)c1csc(NC(=O)c2ccc(Cl)cc2Cl)n1. The molecule has 2 aromatic rings. The second-order valence-electron chi connectivity index (χ2n) is 6.38. The molecule has 1 atom stereocenters. The van der Waals surface area contributed by atoms with E-state index in [1.807, 2.05) is 0 Å². The number of carbonyl (C=O) groups excluding carboxylic acids is 3. The second-order valence-corrected chi connectivity index (χ2v) is 8.08. The predicted octanol–water partition coefficient (Wildman–Crippen LogP) is 4.26. The topological polar surface area (TPSA) is 88.6 Å². The van der Waals surface area contributed by atoms with Crippen LogP contribution >= 0.6 is 34.5 Å². The molecule has 0 radical (unpaired) electrons. The van der Waals surface area contributed by atoms with Gasteiger partial charge >= 0.3 is 5.97 Å². The lowest BCUT2D eigenvalue weighted by Crippen LogP contribution is -2.48. The van der Waals surface area contributed by atoms with Crippen LogP contribution in [0, 0.1) is 0 Å². The van der Waals surface area contributed by atoms with E-state index >= 15 is 0 Å². The lowest BCUT2D eigenvalue weighted by Gasteiger charge is -2.33. The Morgan fingerprint density at radius 1 is 1.31 bits per heavy atom. The molecule has 1 fully saturated rings. The van der Waals surface area contributed by atoms with Gasteiger partial charge < -0.3 is 9.64 Å². The Kier molecular flexibility index (Phi) is 7.10. The van der Waals surface area contributed by atoms with Crippen molar-refractivity contribution in [2.24, 2.45) is 0 Å². The minimum Gasteiger partial charge on any atom is -0.464 e. The standard InChI is InChI=1S/C19H19Cl2N3O4S/c1-2-28-18(27)15-5-3-4-8-24(15)17(26)14-10-29-19(22-14)23-16(25)12-7-6-11(20)9-13(12)21/h6-7,9-10,15H,2-5,8H2,1H3,(H,22,23,25)/t15-/m0/s1. The fraction of sp³-hybridized carbons (Fsp3) is 0.368. The normalized spacial score (nSPS) is 16.4. The van der Waals surface area contributed by atoms with Gasteiger partial charge in [-0.2, -0.15) is 0 Å². The molecule has 0 unspecified atom stereocenters. The number of esters is 1. The molecule has 0 bridgehead atoms. The lowest BCUT2D eigenvalue weighted by molar-refractivity contribution is -0.149. The number of hydrogen-bond donors (Lipinski definition) is 1. The van der Waals surface area contributed by atoms with E-state index < -0.39 is 17.9 Å². The molecule has 29 heavy (non-hydrogen) atoms. The summed E-state index contributed by atoms with van der Waals surface area (Å²) in [6.07, 6.45) is 2.23. The number of nitrogens with zero attached hydrogens (tertiary/aromatic N) is 2. The number of nitrogens with one attached hydrogen (secondary N) is 1. The van der Waals surface area contributed by atoms with Crippen LogP contribution in [0.15, 0.2) is 23.6 Å². The zero-order chi connectivity index (χ0) is 21.0. The summed E-state index contributed by atoms with van der Waals surface area (Å²) in [7, 11) is 0. The van der Waals surface area contributed by atoms with E-state index in [2.05, 4.69) is 10.3 Å². The van der Waals surface area contributed by atoms with Crippen LogP contribution < -0.4 is 5.32 Å². The third-order valence-corrected chi connectivity index (χ3v) is 5.75. The Morgan fingerprint density at radius 2 is 2.10 bits per heavy atom. The van der Waals surface area contributed by atoms with Gasteiger partial charge in [0, 0.05) is 16.9 Å². The maximum Gasteiger partial charge on any atom is 0.328 e. The third kappa shape index (κ3) is 5.07. The smallest absolute Gasteiger partial charge is 0.328 e. The van der Waals surface area contributed by atoms with Crippen LogP contribution in [0.1, 0.15) is 47.0 Å². The Bertz CT molecular complexity index is 934. The molecule has 3 rings (SSSR count). The van der Waals surface area contributed by atoms with Crippen LogP contribution in [0.4, 0.5) is 5.13 Å². The van der Waals surface area contributed by atoms with Crippen molar-refractivity contribution in [1.82, 2.24) is 9.88 Å². The highest BCUT2D eigenvalue weighted by Gasteiger charge is 2.34. The first kappa shape index (κ1) is 21.5. The molecule has 1 N–H and O–H groups in total. The first-order chi connectivity index (χ1) is 13.9. The van der Waals surface area contributed by atoms with Gasteiger partial charge in [-0.25, -0.2) is 9.78 Å². The molecule has 0 spiro atoms. The quantitative estimate of drug-likeness (QED) is 0.680. The number of benzene rings is 1. The number of thiazole rings is 1. The number of halogens is 2. The van der Waals surface area contributed by atoms with Crippen LogP contribution in [-0.4, -0.2) is 46.9 Å². The number of piperidine rings is 1. The molecule has 10 heteroatoms. The molecule has 1 saturated heterocycles. The van der Waals surface area contributed by atoms with E-state index in [4.69, 9.17) is 27.9 Å². The Balaban J connectivity index is 1.72. The molecule has 0 aliphatic carbocycles. The molecule has 2 amide bonds. The zero-order valence-electron chi connectivity index (χ0n) is 15.6. The number of aromatic nitrogens is 1. The minimum atomic E-state index is -0.608. The molecule has 0 saturated carbocycles. The van der Waals surface area contributed by atoms with Crippen molar-refractivity contribution in [2.75, 3.05) is 18.5 Å². The number of amides is 2. The summed E-state index contributed by atoms with van der Waals surface area (Å²) < 4.78 is 5.09. The van der Waals surface area contributed by atoms with E-state index in [0.717, 1.165) is 24.2 Å². The van der Waals surface area contributed by atoms with Gasteiger partial charge in [-0.15, -0.1) is 11.3 Å². The number of rotatable bonds is 5. The van der Waals surface area contributed by atoms with Crippen molar-refractivity contribution in [3.63, 3.8) is 0 Å². The van der Waals surface area contributed by atoms with Crippen LogP contribution in [0.25, 0.3) is 0 Å². The maximum atomic E-state index is 12.9. The fourth-order valence-corrected chi connectivity index (χ4v) is 4.25. The van der Waals surface area contributed by atoms with E-state index in [9.17, 15) is 14.4 Å². The zero-order valence-corrected chi connectivity index (χ0v) is 17.9. The van der Waals surface area contributed by atoms with Gasteiger partial charge in [-0.1, -0.05) is 23.2 Å². The average Bonchev–Trinajstić information content (AvgIpc) is 3.16. The number of ether oxygens (including phenoxy) is 1. The molecule has 1 aliphatic heterocycles. The van der Waals surface area contributed by atoms with Crippen molar-refractivity contribution >= 4 is 57.5 Å². The summed E-state index contributed by atoms with van der Waals surface area (Å²) in [6, 6.07) is 3.94. The first-order valence-electron chi connectivity index (χ1n) is 9.10. The first-order valence-corrected chi connectivity index (χ1v) is 10.7. The van der Waals surface area contributed by atoms with Crippen molar-refractivity contribution in [1.29, 1.82) is 0 Å². The molecule has 7 nitrogen and oxygen atoms in total. The molecular formula is C19H19Cl2N3O4S. The van der Waals surface area contributed by atoms with E-state index in [0.29, 0.717) is 18.0 Å². The van der Waals surface area contributed by atoms with Crippen molar-refractivity contribution in [2.45, 2.75) is 32.2 Å². The van der Waals surface area contributed by atoms with Gasteiger partial charge in [0.15, 0.2) is 5.13 Å². The highest BCUT2D eigenvalue weighted by Crippen LogP contribution is 2.25. The van der Waals surface area contributed by atoms with Crippen molar-refractivity contribution < 1.29 is 19.1 Å². The summed E-state index contributed by atoms with van der Waals surface area (Å²) in [6.45, 7) is 2.45. The van der Waals surface area contributed by atoms with Gasteiger partial charge in [0.25, 0.3) is 11.8 Å². The largest absolute Gasteiger partial charge is 0.464 e. The summed E-state index contributed by atoms with van der Waals surface area (Å²) in [5, 5.41) is 5.08. The van der Waals surface area contributed by atoms with Gasteiger partial charge in [-0.05, 0) is 44.4 Å². The Labute approximate surface area is 182 Å². The number of hydrogen-bond acceptors (Lipinski definition) is 6. The highest BCUT2D eigenvalue weighted by molar-refractivity contribution is 7.14. The van der Waals surface area contributed by atoms with E-state index in [1.165, 1.54) is 17.0 Å². The molecule has 1 aliphatic rings. The third-order valence-electron chi connectivity index (χ3n) is 4.44. The average molecular weight is 456 g/mol. The van der Waals surface area contributed by atoms with Crippen molar-refractivity contribution in [3.05, 3.63) is 44.9 Å². The summed E-state index contributed by atoms with van der Waals surface area (Å²) in [5.74, 6) is -1.21. The van der Waals surface area contributed by atoms with Gasteiger partial charge in [0.05, 0.1) is 17.2 Å². The number of anilines is 1.